The summed E-state index contributed by atoms with van der Waals surface area (Å²) in [4.78, 5) is 12.8. The van der Waals surface area contributed by atoms with E-state index in [-0.39, 0.29) is 29.8 Å². The quantitative estimate of drug-likeness (QED) is 0.612. The van der Waals surface area contributed by atoms with Gasteiger partial charge in [0.15, 0.2) is 5.69 Å². The molecule has 3 atom stereocenters. The van der Waals surface area contributed by atoms with Gasteiger partial charge in [0.2, 0.25) is 10.0 Å². The van der Waals surface area contributed by atoms with Crippen molar-refractivity contribution in [3.8, 4) is 0 Å². The summed E-state index contributed by atoms with van der Waals surface area (Å²) in [7, 11) is -3.41. The first-order valence-corrected chi connectivity index (χ1v) is 13.6. The van der Waals surface area contributed by atoms with Crippen LogP contribution < -0.4 is 10.6 Å². The molecule has 2 saturated heterocycles. The van der Waals surface area contributed by atoms with Crippen molar-refractivity contribution in [1.82, 2.24) is 20.1 Å². The van der Waals surface area contributed by atoms with Crippen molar-refractivity contribution >= 4 is 15.9 Å². The van der Waals surface area contributed by atoms with E-state index in [0.29, 0.717) is 37.4 Å². The SMILES string of the molecule is O=C(N[C@H]1CCN(S(=O)(=O)CC2CCCN2)[C@@H](Cc2ccccc2)C1)c1cc(C2CC2)on1. The third-order valence-electron chi connectivity index (χ3n) is 6.98. The molecule has 3 aliphatic rings. The van der Waals surface area contributed by atoms with Gasteiger partial charge in [0, 0.05) is 36.7 Å². The monoisotopic (exact) mass is 472 g/mol. The number of carbonyl (C=O) groups is 1. The van der Waals surface area contributed by atoms with E-state index in [1.807, 2.05) is 30.3 Å². The van der Waals surface area contributed by atoms with Crippen LogP contribution in [0.25, 0.3) is 0 Å². The molecule has 2 aliphatic heterocycles. The Balaban J connectivity index is 1.28. The zero-order chi connectivity index (χ0) is 22.8. The molecule has 1 saturated carbocycles. The third kappa shape index (κ3) is 5.47. The van der Waals surface area contributed by atoms with Gasteiger partial charge < -0.3 is 15.2 Å². The summed E-state index contributed by atoms with van der Waals surface area (Å²) >= 11 is 0. The molecule has 9 heteroatoms. The van der Waals surface area contributed by atoms with E-state index in [1.165, 1.54) is 0 Å². The Morgan fingerprint density at radius 2 is 2.00 bits per heavy atom. The molecule has 1 unspecified atom stereocenters. The topological polar surface area (TPSA) is 105 Å². The normalized spacial score (nSPS) is 26.4. The van der Waals surface area contributed by atoms with Crippen LogP contribution in [0.15, 0.2) is 40.9 Å². The molecule has 2 aromatic rings. The molecule has 0 radical (unpaired) electrons. The molecule has 178 valence electrons. The lowest BCUT2D eigenvalue weighted by Crippen LogP contribution is -2.54. The minimum atomic E-state index is -3.41. The Bertz CT molecular complexity index is 1060. The highest BCUT2D eigenvalue weighted by molar-refractivity contribution is 7.89. The van der Waals surface area contributed by atoms with Gasteiger partial charge in [-0.1, -0.05) is 35.5 Å². The minimum Gasteiger partial charge on any atom is -0.360 e. The second-order valence-electron chi connectivity index (χ2n) is 9.61. The van der Waals surface area contributed by atoms with Gasteiger partial charge in [0.05, 0.1) is 5.75 Å². The van der Waals surface area contributed by atoms with Gasteiger partial charge in [-0.15, -0.1) is 0 Å². The summed E-state index contributed by atoms with van der Waals surface area (Å²) in [6, 6.07) is 11.4. The molecule has 3 fully saturated rings. The van der Waals surface area contributed by atoms with E-state index in [4.69, 9.17) is 4.52 Å². The van der Waals surface area contributed by atoms with Gasteiger partial charge >= 0.3 is 0 Å². The fraction of sp³-hybridized carbons (Fsp3) is 0.583. The largest absolute Gasteiger partial charge is 0.360 e. The van der Waals surface area contributed by atoms with Crippen LogP contribution in [0, 0.1) is 0 Å². The molecule has 0 spiro atoms. The van der Waals surface area contributed by atoms with E-state index in [0.717, 1.165) is 43.6 Å². The summed E-state index contributed by atoms with van der Waals surface area (Å²) in [6.45, 7) is 1.29. The number of sulfonamides is 1. The number of rotatable bonds is 8. The van der Waals surface area contributed by atoms with Gasteiger partial charge in [-0.05, 0) is 57.1 Å². The molecule has 0 bridgehead atoms. The van der Waals surface area contributed by atoms with Gasteiger partial charge in [-0.3, -0.25) is 4.79 Å². The number of hydrogen-bond acceptors (Lipinski definition) is 6. The standard InChI is InChI=1S/C24H32N4O4S/c29-24(22-15-23(32-27-22)18-8-9-18)26-19-10-12-28(33(30,31)16-20-7-4-11-25-20)21(14-19)13-17-5-2-1-3-6-17/h1-3,5-6,15,18-21,25H,4,7-14,16H2,(H,26,29)/t19-,20?,21-/m0/s1. The second kappa shape index (κ2) is 9.56. The van der Waals surface area contributed by atoms with E-state index < -0.39 is 10.0 Å². The van der Waals surface area contributed by atoms with Crippen molar-refractivity contribution in [2.24, 2.45) is 0 Å². The Hall–Kier alpha value is -2.23. The van der Waals surface area contributed by atoms with Crippen LogP contribution in [0.3, 0.4) is 0 Å². The number of nitrogens with one attached hydrogen (secondary N) is 2. The molecule has 8 nitrogen and oxygen atoms in total. The minimum absolute atomic E-state index is 0.0256. The summed E-state index contributed by atoms with van der Waals surface area (Å²) in [6.07, 6.45) is 5.87. The third-order valence-corrected chi connectivity index (χ3v) is 9.00. The van der Waals surface area contributed by atoms with Crippen molar-refractivity contribution in [1.29, 1.82) is 0 Å². The first kappa shape index (κ1) is 22.6. The van der Waals surface area contributed by atoms with Gasteiger partial charge in [0.25, 0.3) is 5.91 Å². The Morgan fingerprint density at radius 3 is 2.73 bits per heavy atom. The van der Waals surface area contributed by atoms with Crippen molar-refractivity contribution in [3.05, 3.63) is 53.4 Å². The number of piperidine rings is 1. The number of nitrogens with zero attached hydrogens (tertiary/aromatic N) is 2. The van der Waals surface area contributed by atoms with Crippen LogP contribution in [-0.2, 0) is 16.4 Å². The molecular weight excluding hydrogens is 440 g/mol. The van der Waals surface area contributed by atoms with Crippen LogP contribution in [0.1, 0.15) is 66.3 Å². The molecule has 3 heterocycles. The summed E-state index contributed by atoms with van der Waals surface area (Å²) in [5.74, 6) is 1.07. The van der Waals surface area contributed by atoms with E-state index in [1.54, 1.807) is 10.4 Å². The number of benzene rings is 1. The highest BCUT2D eigenvalue weighted by Gasteiger charge is 2.38. The Labute approximate surface area is 195 Å². The molecule has 1 aromatic heterocycles. The first-order valence-electron chi connectivity index (χ1n) is 12.0. The van der Waals surface area contributed by atoms with E-state index in [2.05, 4.69) is 15.8 Å². The van der Waals surface area contributed by atoms with Crippen LogP contribution in [0.4, 0.5) is 0 Å². The highest BCUT2D eigenvalue weighted by atomic mass is 32.2. The zero-order valence-corrected chi connectivity index (χ0v) is 19.6. The lowest BCUT2D eigenvalue weighted by molar-refractivity contribution is 0.0902. The number of carbonyl (C=O) groups excluding carboxylic acids is 1. The van der Waals surface area contributed by atoms with Crippen LogP contribution in [-0.4, -0.2) is 60.8 Å². The maximum Gasteiger partial charge on any atom is 0.273 e. The first-order chi connectivity index (χ1) is 16.0. The number of amides is 1. The van der Waals surface area contributed by atoms with Crippen molar-refractivity contribution < 1.29 is 17.7 Å². The Morgan fingerprint density at radius 1 is 1.18 bits per heavy atom. The number of hydrogen-bond donors (Lipinski definition) is 2. The van der Waals surface area contributed by atoms with Gasteiger partial charge in [0.1, 0.15) is 5.76 Å². The molecule has 2 N–H and O–H groups in total. The van der Waals surface area contributed by atoms with Crippen molar-refractivity contribution in [2.75, 3.05) is 18.8 Å². The zero-order valence-electron chi connectivity index (χ0n) is 18.8. The van der Waals surface area contributed by atoms with Crippen LogP contribution in [0.5, 0.6) is 0 Å². The van der Waals surface area contributed by atoms with Crippen LogP contribution >= 0.6 is 0 Å². The Kier molecular flexibility index (Phi) is 6.53. The smallest absolute Gasteiger partial charge is 0.273 e. The van der Waals surface area contributed by atoms with E-state index >= 15 is 0 Å². The molecule has 1 amide bonds. The fourth-order valence-corrected chi connectivity index (χ4v) is 7.05. The molecule has 5 rings (SSSR count). The molecular formula is C24H32N4O4S. The summed E-state index contributed by atoms with van der Waals surface area (Å²) in [5.41, 5.74) is 1.40. The average molecular weight is 473 g/mol. The summed E-state index contributed by atoms with van der Waals surface area (Å²) in [5, 5.41) is 10.3. The molecule has 1 aromatic carbocycles. The van der Waals surface area contributed by atoms with Crippen LogP contribution in [0.2, 0.25) is 0 Å². The highest BCUT2D eigenvalue weighted by Crippen LogP contribution is 2.40. The number of aromatic nitrogens is 1. The lowest BCUT2D eigenvalue weighted by Gasteiger charge is -2.39. The van der Waals surface area contributed by atoms with Gasteiger partial charge in [-0.2, -0.15) is 4.31 Å². The second-order valence-corrected chi connectivity index (χ2v) is 11.6. The fourth-order valence-electron chi connectivity index (χ4n) is 5.06. The molecule has 33 heavy (non-hydrogen) atoms. The summed E-state index contributed by atoms with van der Waals surface area (Å²) < 4.78 is 33.7. The van der Waals surface area contributed by atoms with Crippen molar-refractivity contribution in [2.45, 2.75) is 69.0 Å². The molecule has 1 aliphatic carbocycles. The predicted octanol–water partition coefficient (Wildman–Crippen LogP) is 2.44. The maximum absolute atomic E-state index is 13.3. The lowest BCUT2D eigenvalue weighted by atomic mass is 9.94. The maximum atomic E-state index is 13.3. The van der Waals surface area contributed by atoms with E-state index in [9.17, 15) is 13.2 Å². The average Bonchev–Trinajstić information content (AvgIpc) is 3.29. The predicted molar refractivity (Wildman–Crippen MR) is 124 cm³/mol. The van der Waals surface area contributed by atoms with Gasteiger partial charge in [-0.25, -0.2) is 8.42 Å². The van der Waals surface area contributed by atoms with Crippen molar-refractivity contribution in [3.63, 3.8) is 0 Å².